The van der Waals surface area contributed by atoms with Gasteiger partial charge in [0.2, 0.25) is 0 Å². The molecule has 0 aromatic carbocycles. The van der Waals surface area contributed by atoms with Crippen LogP contribution in [-0.2, 0) is 9.53 Å². The van der Waals surface area contributed by atoms with Crippen LogP contribution in [0.2, 0.25) is 0 Å². The third-order valence-corrected chi connectivity index (χ3v) is 3.20. The number of likely N-dealkylation sites (tertiary alicyclic amines) is 1. The Kier molecular flexibility index (Phi) is 5.36. The summed E-state index contributed by atoms with van der Waals surface area (Å²) in [6.45, 7) is 7.01. The average molecular weight is 244 g/mol. The standard InChI is InChI=1S/C12H24N2O3/c1-10(8-14-6-4-5-7-14)13-12(2,9-17-3)11(15)16/h10,13H,4-9H2,1-3H3,(H,15,16). The number of carboxylic acid groups (broad SMARTS) is 1. The zero-order valence-electron chi connectivity index (χ0n) is 11.0. The molecule has 1 fully saturated rings. The highest BCUT2D eigenvalue weighted by molar-refractivity contribution is 5.78. The molecule has 5 heteroatoms. The number of ether oxygens (including phenoxy) is 1. The van der Waals surface area contributed by atoms with Crippen molar-refractivity contribution in [3.63, 3.8) is 0 Å². The molecule has 0 aromatic rings. The average Bonchev–Trinajstić information content (AvgIpc) is 2.70. The van der Waals surface area contributed by atoms with Gasteiger partial charge in [0.25, 0.3) is 0 Å². The van der Waals surface area contributed by atoms with E-state index in [-0.39, 0.29) is 12.6 Å². The van der Waals surface area contributed by atoms with Crippen LogP contribution in [0.5, 0.6) is 0 Å². The molecule has 0 radical (unpaired) electrons. The molecular formula is C12H24N2O3. The van der Waals surface area contributed by atoms with Gasteiger partial charge in [-0.05, 0) is 39.8 Å². The Labute approximate surface area is 103 Å². The number of hydrogen-bond donors (Lipinski definition) is 2. The van der Waals surface area contributed by atoms with Crippen LogP contribution in [-0.4, -0.2) is 60.9 Å². The number of rotatable bonds is 7. The first-order valence-electron chi connectivity index (χ1n) is 6.20. The molecule has 1 aliphatic rings. The number of nitrogens with zero attached hydrogens (tertiary/aromatic N) is 1. The highest BCUT2D eigenvalue weighted by Crippen LogP contribution is 2.10. The van der Waals surface area contributed by atoms with E-state index < -0.39 is 11.5 Å². The minimum absolute atomic E-state index is 0.143. The fraction of sp³-hybridized carbons (Fsp3) is 0.917. The van der Waals surface area contributed by atoms with Crippen molar-refractivity contribution < 1.29 is 14.6 Å². The van der Waals surface area contributed by atoms with E-state index in [1.165, 1.54) is 20.0 Å². The number of aliphatic carboxylic acids is 1. The lowest BCUT2D eigenvalue weighted by atomic mass is 10.0. The molecule has 0 amide bonds. The molecule has 1 saturated heterocycles. The van der Waals surface area contributed by atoms with E-state index >= 15 is 0 Å². The quantitative estimate of drug-likeness (QED) is 0.685. The second kappa shape index (κ2) is 6.33. The maximum Gasteiger partial charge on any atom is 0.326 e. The van der Waals surface area contributed by atoms with Crippen LogP contribution in [0.15, 0.2) is 0 Å². The van der Waals surface area contributed by atoms with E-state index in [1.807, 2.05) is 6.92 Å². The minimum atomic E-state index is -1.01. The van der Waals surface area contributed by atoms with Crippen LogP contribution in [0.4, 0.5) is 0 Å². The predicted octanol–water partition coefficient (Wildman–Crippen LogP) is 0.550. The lowest BCUT2D eigenvalue weighted by Gasteiger charge is -2.31. The van der Waals surface area contributed by atoms with E-state index in [0.29, 0.717) is 0 Å². The van der Waals surface area contributed by atoms with Crippen molar-refractivity contribution in [3.8, 4) is 0 Å². The molecule has 2 atom stereocenters. The van der Waals surface area contributed by atoms with Gasteiger partial charge in [0.15, 0.2) is 0 Å². The summed E-state index contributed by atoms with van der Waals surface area (Å²) in [5.41, 5.74) is -1.01. The fourth-order valence-electron chi connectivity index (χ4n) is 2.40. The first-order chi connectivity index (χ1) is 7.98. The van der Waals surface area contributed by atoms with E-state index in [9.17, 15) is 9.90 Å². The molecule has 100 valence electrons. The van der Waals surface area contributed by atoms with Crippen LogP contribution in [0, 0.1) is 0 Å². The third kappa shape index (κ3) is 4.26. The van der Waals surface area contributed by atoms with Gasteiger partial charge >= 0.3 is 5.97 Å². The molecule has 5 nitrogen and oxygen atoms in total. The lowest BCUT2D eigenvalue weighted by Crippen LogP contribution is -2.58. The number of carbonyl (C=O) groups is 1. The summed E-state index contributed by atoms with van der Waals surface area (Å²) in [5, 5.41) is 12.4. The van der Waals surface area contributed by atoms with E-state index in [1.54, 1.807) is 6.92 Å². The molecule has 0 spiro atoms. The summed E-state index contributed by atoms with van der Waals surface area (Å²) in [7, 11) is 1.52. The Morgan fingerprint density at radius 3 is 2.59 bits per heavy atom. The molecule has 17 heavy (non-hydrogen) atoms. The maximum atomic E-state index is 11.2. The monoisotopic (exact) mass is 244 g/mol. The van der Waals surface area contributed by atoms with E-state index in [0.717, 1.165) is 19.6 Å². The molecule has 0 saturated carbocycles. The number of hydrogen-bond acceptors (Lipinski definition) is 4. The normalized spacial score (nSPS) is 22.3. The first-order valence-corrected chi connectivity index (χ1v) is 6.20. The van der Waals surface area contributed by atoms with Crippen molar-refractivity contribution in [3.05, 3.63) is 0 Å². The third-order valence-electron chi connectivity index (χ3n) is 3.20. The predicted molar refractivity (Wildman–Crippen MR) is 66.2 cm³/mol. The molecule has 0 bridgehead atoms. The van der Waals surface area contributed by atoms with Crippen molar-refractivity contribution in [1.29, 1.82) is 0 Å². The molecule has 1 rings (SSSR count). The number of carboxylic acids is 1. The second-order valence-corrected chi connectivity index (χ2v) is 5.12. The summed E-state index contributed by atoms with van der Waals surface area (Å²) in [5.74, 6) is -0.868. The Balaban J connectivity index is 2.45. The van der Waals surface area contributed by atoms with Gasteiger partial charge in [-0.2, -0.15) is 0 Å². The zero-order valence-corrected chi connectivity index (χ0v) is 11.0. The van der Waals surface area contributed by atoms with Crippen LogP contribution in [0.1, 0.15) is 26.7 Å². The number of methoxy groups -OCH3 is 1. The topological polar surface area (TPSA) is 61.8 Å². The largest absolute Gasteiger partial charge is 0.480 e. The Morgan fingerprint density at radius 2 is 2.12 bits per heavy atom. The molecule has 0 aliphatic carbocycles. The molecule has 1 aliphatic heterocycles. The van der Waals surface area contributed by atoms with Crippen molar-refractivity contribution in [2.24, 2.45) is 0 Å². The summed E-state index contributed by atoms with van der Waals surface area (Å²) in [4.78, 5) is 13.6. The summed E-state index contributed by atoms with van der Waals surface area (Å²) >= 11 is 0. The Morgan fingerprint density at radius 1 is 1.53 bits per heavy atom. The summed E-state index contributed by atoms with van der Waals surface area (Å²) in [6, 6.07) is 0.143. The van der Waals surface area contributed by atoms with E-state index in [2.05, 4.69) is 10.2 Å². The van der Waals surface area contributed by atoms with Gasteiger partial charge < -0.3 is 14.7 Å². The molecule has 2 unspecified atom stereocenters. The van der Waals surface area contributed by atoms with Gasteiger partial charge in [0, 0.05) is 19.7 Å². The SMILES string of the molecule is COCC(C)(NC(C)CN1CCCC1)C(=O)O. The van der Waals surface area contributed by atoms with Crippen molar-refractivity contribution >= 4 is 5.97 Å². The van der Waals surface area contributed by atoms with Crippen LogP contribution < -0.4 is 5.32 Å². The first kappa shape index (κ1) is 14.4. The van der Waals surface area contributed by atoms with Crippen molar-refractivity contribution in [2.45, 2.75) is 38.3 Å². The number of nitrogens with one attached hydrogen (secondary N) is 1. The van der Waals surface area contributed by atoms with Crippen LogP contribution >= 0.6 is 0 Å². The lowest BCUT2D eigenvalue weighted by molar-refractivity contribution is -0.146. The van der Waals surface area contributed by atoms with Crippen molar-refractivity contribution in [2.75, 3.05) is 33.4 Å². The highest BCUT2D eigenvalue weighted by Gasteiger charge is 2.34. The van der Waals surface area contributed by atoms with Gasteiger partial charge in [0.05, 0.1) is 6.61 Å². The summed E-state index contributed by atoms with van der Waals surface area (Å²) in [6.07, 6.45) is 2.50. The van der Waals surface area contributed by atoms with Crippen molar-refractivity contribution in [1.82, 2.24) is 10.2 Å². The fourth-order valence-corrected chi connectivity index (χ4v) is 2.40. The zero-order chi connectivity index (χ0) is 12.9. The maximum absolute atomic E-state index is 11.2. The molecule has 1 heterocycles. The van der Waals surface area contributed by atoms with Gasteiger partial charge in [-0.3, -0.25) is 10.1 Å². The second-order valence-electron chi connectivity index (χ2n) is 5.12. The van der Waals surface area contributed by atoms with Gasteiger partial charge in [-0.1, -0.05) is 0 Å². The van der Waals surface area contributed by atoms with Gasteiger partial charge in [0.1, 0.15) is 5.54 Å². The smallest absolute Gasteiger partial charge is 0.326 e. The van der Waals surface area contributed by atoms with Crippen LogP contribution in [0.25, 0.3) is 0 Å². The van der Waals surface area contributed by atoms with Crippen LogP contribution in [0.3, 0.4) is 0 Å². The molecule has 2 N–H and O–H groups in total. The van der Waals surface area contributed by atoms with Gasteiger partial charge in [-0.15, -0.1) is 0 Å². The van der Waals surface area contributed by atoms with Gasteiger partial charge in [-0.25, -0.2) is 0 Å². The Bertz CT molecular complexity index is 254. The Hall–Kier alpha value is -0.650. The molecular weight excluding hydrogens is 220 g/mol. The summed E-state index contributed by atoms with van der Waals surface area (Å²) < 4.78 is 4.98. The highest BCUT2D eigenvalue weighted by atomic mass is 16.5. The van der Waals surface area contributed by atoms with E-state index in [4.69, 9.17) is 4.74 Å². The molecule has 0 aromatic heterocycles. The minimum Gasteiger partial charge on any atom is -0.480 e.